The Morgan fingerprint density at radius 1 is 1.26 bits per heavy atom. The third-order valence-electron chi connectivity index (χ3n) is 3.39. The monoisotopic (exact) mass is 344 g/mol. The molecule has 0 aliphatic carbocycles. The molecule has 0 aliphatic rings. The Balaban J connectivity index is 0.00000484. The van der Waals surface area contributed by atoms with E-state index >= 15 is 0 Å². The zero-order valence-electron chi connectivity index (χ0n) is 14.4. The van der Waals surface area contributed by atoms with Crippen LogP contribution in [0.4, 0.5) is 0 Å². The highest BCUT2D eigenvalue weighted by Crippen LogP contribution is 2.28. The fourth-order valence-electron chi connectivity index (χ4n) is 1.78. The number of carbonyl (C=O) groups is 1. The van der Waals surface area contributed by atoms with Crippen LogP contribution in [-0.4, -0.2) is 32.7 Å². The number of carbonyl (C=O) groups excluding carboxylic acids is 1. The van der Waals surface area contributed by atoms with Crippen molar-refractivity contribution >= 4 is 18.3 Å². The second-order valence-corrected chi connectivity index (χ2v) is 5.95. The Kier molecular flexibility index (Phi) is 10.4. The van der Waals surface area contributed by atoms with Gasteiger partial charge in [0.05, 0.1) is 13.7 Å². The number of halogens is 1. The fraction of sp³-hybridized carbons (Fsp3) is 0.588. The first kappa shape index (κ1) is 21.5. The molecule has 1 aromatic rings. The largest absolute Gasteiger partial charge is 0.493 e. The molecule has 0 fully saturated rings. The molecular formula is C17H29ClN2O3. The summed E-state index contributed by atoms with van der Waals surface area (Å²) >= 11 is 0. The first-order valence-corrected chi connectivity index (χ1v) is 7.77. The molecule has 0 aromatic heterocycles. The van der Waals surface area contributed by atoms with E-state index in [1.807, 2.05) is 6.92 Å². The lowest BCUT2D eigenvalue weighted by atomic mass is 10.1. The van der Waals surface area contributed by atoms with E-state index in [9.17, 15) is 4.79 Å². The summed E-state index contributed by atoms with van der Waals surface area (Å²) in [4.78, 5) is 12.1. The Morgan fingerprint density at radius 2 is 1.96 bits per heavy atom. The zero-order valence-corrected chi connectivity index (χ0v) is 15.2. The minimum Gasteiger partial charge on any atom is -0.493 e. The minimum atomic E-state index is -0.132. The maximum absolute atomic E-state index is 12.1. The summed E-state index contributed by atoms with van der Waals surface area (Å²) in [5, 5.41) is 2.86. The highest BCUT2D eigenvalue weighted by atomic mass is 35.5. The molecule has 5 nitrogen and oxygen atoms in total. The van der Waals surface area contributed by atoms with Gasteiger partial charge in [0.2, 0.25) is 0 Å². The molecule has 1 unspecified atom stereocenters. The van der Waals surface area contributed by atoms with Crippen LogP contribution in [0.5, 0.6) is 11.5 Å². The standard InChI is InChI=1S/C17H28N2O3.ClH/c1-12(2)7-8-22-15-6-5-14(9-16(15)21-4)17(20)19-11-13(3)10-18;/h5-6,9,12-13H,7-8,10-11,18H2,1-4H3,(H,19,20);1H. The molecule has 0 heterocycles. The average molecular weight is 345 g/mol. The van der Waals surface area contributed by atoms with Crippen molar-refractivity contribution in [1.29, 1.82) is 0 Å². The van der Waals surface area contributed by atoms with Crippen LogP contribution in [0.15, 0.2) is 18.2 Å². The van der Waals surface area contributed by atoms with Crippen molar-refractivity contribution < 1.29 is 14.3 Å². The highest BCUT2D eigenvalue weighted by molar-refractivity contribution is 5.94. The average Bonchev–Trinajstić information content (AvgIpc) is 2.51. The second-order valence-electron chi connectivity index (χ2n) is 5.95. The minimum absolute atomic E-state index is 0. The molecule has 3 N–H and O–H groups in total. The first-order chi connectivity index (χ1) is 10.5. The van der Waals surface area contributed by atoms with E-state index in [0.29, 0.717) is 42.7 Å². The van der Waals surface area contributed by atoms with Crippen LogP contribution >= 0.6 is 12.4 Å². The van der Waals surface area contributed by atoms with Crippen molar-refractivity contribution in [3.8, 4) is 11.5 Å². The molecule has 23 heavy (non-hydrogen) atoms. The van der Waals surface area contributed by atoms with Crippen LogP contribution < -0.4 is 20.5 Å². The molecule has 0 bridgehead atoms. The van der Waals surface area contributed by atoms with Crippen molar-refractivity contribution in [2.75, 3.05) is 26.8 Å². The van der Waals surface area contributed by atoms with Gasteiger partial charge in [-0.3, -0.25) is 4.79 Å². The van der Waals surface area contributed by atoms with E-state index in [2.05, 4.69) is 19.2 Å². The van der Waals surface area contributed by atoms with E-state index in [0.717, 1.165) is 6.42 Å². The smallest absolute Gasteiger partial charge is 0.251 e. The van der Waals surface area contributed by atoms with E-state index in [1.165, 1.54) is 0 Å². The summed E-state index contributed by atoms with van der Waals surface area (Å²) in [7, 11) is 1.57. The summed E-state index contributed by atoms with van der Waals surface area (Å²) in [6.45, 7) is 8.03. The first-order valence-electron chi connectivity index (χ1n) is 7.77. The summed E-state index contributed by atoms with van der Waals surface area (Å²) in [6.07, 6.45) is 0.975. The van der Waals surface area contributed by atoms with Gasteiger partial charge in [0.15, 0.2) is 11.5 Å². The number of methoxy groups -OCH3 is 1. The van der Waals surface area contributed by atoms with Gasteiger partial charge in [0, 0.05) is 12.1 Å². The maximum atomic E-state index is 12.1. The number of ether oxygens (including phenoxy) is 2. The Bertz CT molecular complexity index is 481. The molecule has 1 amide bonds. The van der Waals surface area contributed by atoms with Gasteiger partial charge >= 0.3 is 0 Å². The number of rotatable bonds is 9. The molecule has 1 atom stereocenters. The number of nitrogens with one attached hydrogen (secondary N) is 1. The predicted molar refractivity (Wildman–Crippen MR) is 95.7 cm³/mol. The molecule has 0 saturated heterocycles. The maximum Gasteiger partial charge on any atom is 0.251 e. The lowest BCUT2D eigenvalue weighted by Gasteiger charge is -2.14. The van der Waals surface area contributed by atoms with E-state index in [4.69, 9.17) is 15.2 Å². The van der Waals surface area contributed by atoms with Crippen molar-refractivity contribution in [1.82, 2.24) is 5.32 Å². The van der Waals surface area contributed by atoms with Crippen molar-refractivity contribution in [3.05, 3.63) is 23.8 Å². The highest BCUT2D eigenvalue weighted by Gasteiger charge is 2.12. The number of amides is 1. The van der Waals surface area contributed by atoms with Gasteiger partial charge in [-0.25, -0.2) is 0 Å². The van der Waals surface area contributed by atoms with Gasteiger partial charge in [-0.05, 0) is 43.0 Å². The van der Waals surface area contributed by atoms with Gasteiger partial charge in [-0.2, -0.15) is 0 Å². The van der Waals surface area contributed by atoms with Gasteiger partial charge in [0.1, 0.15) is 0 Å². The molecule has 132 valence electrons. The molecule has 0 aliphatic heterocycles. The van der Waals surface area contributed by atoms with E-state index in [1.54, 1.807) is 25.3 Å². The Labute approximate surface area is 145 Å². The van der Waals surface area contributed by atoms with Gasteiger partial charge in [0.25, 0.3) is 5.91 Å². The van der Waals surface area contributed by atoms with Crippen LogP contribution in [0.2, 0.25) is 0 Å². The van der Waals surface area contributed by atoms with E-state index in [-0.39, 0.29) is 24.2 Å². The summed E-state index contributed by atoms with van der Waals surface area (Å²) in [5.74, 6) is 1.94. The number of hydrogen-bond acceptors (Lipinski definition) is 4. The molecule has 0 saturated carbocycles. The Hall–Kier alpha value is -1.46. The van der Waals surface area contributed by atoms with Gasteiger partial charge in [-0.15, -0.1) is 12.4 Å². The third kappa shape index (κ3) is 7.57. The Morgan fingerprint density at radius 3 is 2.52 bits per heavy atom. The van der Waals surface area contributed by atoms with E-state index < -0.39 is 0 Å². The van der Waals surface area contributed by atoms with Crippen LogP contribution in [0.3, 0.4) is 0 Å². The summed E-state index contributed by atoms with van der Waals surface area (Å²) in [5.41, 5.74) is 6.10. The molecule has 0 spiro atoms. The lowest BCUT2D eigenvalue weighted by molar-refractivity contribution is 0.0948. The zero-order chi connectivity index (χ0) is 16.5. The van der Waals surface area contributed by atoms with Gasteiger partial charge < -0.3 is 20.5 Å². The van der Waals surface area contributed by atoms with Crippen LogP contribution in [0, 0.1) is 11.8 Å². The van der Waals surface area contributed by atoms with Crippen molar-refractivity contribution in [2.45, 2.75) is 27.2 Å². The van der Waals surface area contributed by atoms with Gasteiger partial charge in [-0.1, -0.05) is 20.8 Å². The number of hydrogen-bond donors (Lipinski definition) is 2. The number of nitrogens with two attached hydrogens (primary N) is 1. The predicted octanol–water partition coefficient (Wildman–Crippen LogP) is 2.87. The normalized spacial score (nSPS) is 11.6. The topological polar surface area (TPSA) is 73.6 Å². The lowest BCUT2D eigenvalue weighted by Crippen LogP contribution is -2.31. The fourth-order valence-corrected chi connectivity index (χ4v) is 1.78. The third-order valence-corrected chi connectivity index (χ3v) is 3.39. The van der Waals surface area contributed by atoms with Crippen LogP contribution in [0.25, 0.3) is 0 Å². The van der Waals surface area contributed by atoms with Crippen LogP contribution in [0.1, 0.15) is 37.6 Å². The second kappa shape index (κ2) is 11.1. The van der Waals surface area contributed by atoms with Crippen molar-refractivity contribution in [2.24, 2.45) is 17.6 Å². The molecule has 6 heteroatoms. The number of benzene rings is 1. The molecule has 0 radical (unpaired) electrons. The SMILES string of the molecule is COc1cc(C(=O)NCC(C)CN)ccc1OCCC(C)C.Cl. The van der Waals surface area contributed by atoms with Crippen molar-refractivity contribution in [3.63, 3.8) is 0 Å². The quantitative estimate of drug-likeness (QED) is 0.722. The summed E-state index contributed by atoms with van der Waals surface area (Å²) in [6, 6.07) is 5.23. The summed E-state index contributed by atoms with van der Waals surface area (Å²) < 4.78 is 11.0. The molecule has 1 aromatic carbocycles. The molecule has 1 rings (SSSR count). The van der Waals surface area contributed by atoms with Crippen LogP contribution in [-0.2, 0) is 0 Å². The molecular weight excluding hydrogens is 316 g/mol.